The van der Waals surface area contributed by atoms with Crippen LogP contribution in [0.5, 0.6) is 0 Å². The Balaban J connectivity index is 1.87. The summed E-state index contributed by atoms with van der Waals surface area (Å²) in [6.07, 6.45) is -0.866. The number of nitrogen functional groups attached to an aromatic ring is 1. The van der Waals surface area contributed by atoms with Crippen LogP contribution in [-0.4, -0.2) is 45.1 Å². The van der Waals surface area contributed by atoms with Gasteiger partial charge in [-0.15, -0.1) is 0 Å². The molecule has 2 aromatic rings. The van der Waals surface area contributed by atoms with E-state index >= 15 is 0 Å². The van der Waals surface area contributed by atoms with Gasteiger partial charge in [0.25, 0.3) is 0 Å². The summed E-state index contributed by atoms with van der Waals surface area (Å²) in [5.74, 6) is 0.672. The van der Waals surface area contributed by atoms with Crippen LogP contribution in [0.15, 0.2) is 18.5 Å². The zero-order chi connectivity index (χ0) is 16.6. The minimum Gasteiger partial charge on any atom is -0.368 e. The van der Waals surface area contributed by atoms with Crippen molar-refractivity contribution in [2.45, 2.75) is 25.2 Å². The highest BCUT2D eigenvalue weighted by molar-refractivity contribution is 5.63. The highest BCUT2D eigenvalue weighted by atomic mass is 19.4. The third-order valence-corrected chi connectivity index (χ3v) is 3.55. The SMILES string of the molecule is Nc1nc(-c2cnn(CC(F)(F)F)c2)cc(N2CC[C@@H](N)C2)n1. The highest BCUT2D eigenvalue weighted by Crippen LogP contribution is 2.25. The molecule has 124 valence electrons. The molecule has 3 rings (SSSR count). The molecule has 1 aliphatic rings. The standard InChI is InChI=1S/C13H16F3N7/c14-13(15,16)7-23-5-8(4-19-23)10-3-11(21-12(18)20-10)22-2-1-9(17)6-22/h3-5,9H,1-2,6-7,17H2,(H2,18,20,21)/t9-/m1/s1. The first-order chi connectivity index (χ1) is 10.8. The Labute approximate surface area is 130 Å². The van der Waals surface area contributed by atoms with E-state index in [1.54, 1.807) is 6.07 Å². The van der Waals surface area contributed by atoms with Crippen LogP contribution < -0.4 is 16.4 Å². The molecule has 0 spiro atoms. The summed E-state index contributed by atoms with van der Waals surface area (Å²) < 4.78 is 38.0. The van der Waals surface area contributed by atoms with Gasteiger partial charge < -0.3 is 16.4 Å². The predicted molar refractivity (Wildman–Crippen MR) is 78.5 cm³/mol. The van der Waals surface area contributed by atoms with Gasteiger partial charge in [0.2, 0.25) is 5.95 Å². The fraction of sp³-hybridized carbons (Fsp3) is 0.462. The number of alkyl halides is 3. The molecule has 0 bridgehead atoms. The van der Waals surface area contributed by atoms with E-state index in [1.807, 2.05) is 4.90 Å². The van der Waals surface area contributed by atoms with Gasteiger partial charge in [-0.05, 0) is 6.42 Å². The van der Waals surface area contributed by atoms with Crippen molar-refractivity contribution in [3.63, 3.8) is 0 Å². The van der Waals surface area contributed by atoms with Crippen molar-refractivity contribution in [1.82, 2.24) is 19.7 Å². The summed E-state index contributed by atoms with van der Waals surface area (Å²) in [7, 11) is 0. The molecule has 2 aromatic heterocycles. The number of halogens is 3. The molecule has 0 saturated carbocycles. The summed E-state index contributed by atoms with van der Waals surface area (Å²) >= 11 is 0. The third kappa shape index (κ3) is 3.70. The number of nitrogens with zero attached hydrogens (tertiary/aromatic N) is 5. The molecule has 1 aliphatic heterocycles. The van der Waals surface area contributed by atoms with Crippen LogP contribution in [0.25, 0.3) is 11.3 Å². The predicted octanol–water partition coefficient (Wildman–Crippen LogP) is 1.02. The second-order valence-electron chi connectivity index (χ2n) is 5.51. The van der Waals surface area contributed by atoms with Crippen LogP contribution in [0.3, 0.4) is 0 Å². The zero-order valence-electron chi connectivity index (χ0n) is 12.2. The topological polar surface area (TPSA) is 98.9 Å². The van der Waals surface area contributed by atoms with Crippen molar-refractivity contribution in [3.05, 3.63) is 18.5 Å². The van der Waals surface area contributed by atoms with Gasteiger partial charge in [0.05, 0.1) is 11.9 Å². The summed E-state index contributed by atoms with van der Waals surface area (Å²) in [6, 6.07) is 1.76. The smallest absolute Gasteiger partial charge is 0.368 e. The molecule has 23 heavy (non-hydrogen) atoms. The van der Waals surface area contributed by atoms with Gasteiger partial charge in [-0.1, -0.05) is 0 Å². The van der Waals surface area contributed by atoms with Crippen molar-refractivity contribution in [2.24, 2.45) is 5.73 Å². The van der Waals surface area contributed by atoms with Gasteiger partial charge in [0.1, 0.15) is 12.4 Å². The van der Waals surface area contributed by atoms with E-state index in [1.165, 1.54) is 12.4 Å². The molecular weight excluding hydrogens is 311 g/mol. The average Bonchev–Trinajstić information content (AvgIpc) is 3.05. The second-order valence-corrected chi connectivity index (χ2v) is 5.51. The van der Waals surface area contributed by atoms with Crippen LogP contribution in [0.4, 0.5) is 24.9 Å². The zero-order valence-corrected chi connectivity index (χ0v) is 12.2. The Morgan fingerprint density at radius 3 is 2.74 bits per heavy atom. The Hall–Kier alpha value is -2.36. The van der Waals surface area contributed by atoms with Crippen LogP contribution in [0, 0.1) is 0 Å². The molecule has 1 saturated heterocycles. The first-order valence-corrected chi connectivity index (χ1v) is 7.05. The van der Waals surface area contributed by atoms with Gasteiger partial charge >= 0.3 is 6.18 Å². The van der Waals surface area contributed by atoms with Crippen LogP contribution in [0.2, 0.25) is 0 Å². The number of nitrogens with two attached hydrogens (primary N) is 2. The quantitative estimate of drug-likeness (QED) is 0.873. The lowest BCUT2D eigenvalue weighted by molar-refractivity contribution is -0.142. The lowest BCUT2D eigenvalue weighted by atomic mass is 10.2. The van der Waals surface area contributed by atoms with E-state index in [0.717, 1.165) is 17.6 Å². The summed E-state index contributed by atoms with van der Waals surface area (Å²) in [5, 5.41) is 3.71. The molecule has 0 aliphatic carbocycles. The van der Waals surface area contributed by atoms with E-state index < -0.39 is 12.7 Å². The molecule has 4 N–H and O–H groups in total. The van der Waals surface area contributed by atoms with E-state index in [-0.39, 0.29) is 12.0 Å². The fourth-order valence-electron chi connectivity index (χ4n) is 2.52. The first-order valence-electron chi connectivity index (χ1n) is 7.05. The molecule has 3 heterocycles. The summed E-state index contributed by atoms with van der Waals surface area (Å²) in [4.78, 5) is 10.2. The van der Waals surface area contributed by atoms with Crippen molar-refractivity contribution < 1.29 is 13.2 Å². The van der Waals surface area contributed by atoms with Crippen molar-refractivity contribution >= 4 is 11.8 Å². The van der Waals surface area contributed by atoms with Gasteiger partial charge in [0, 0.05) is 37.0 Å². The lowest BCUT2D eigenvalue weighted by Crippen LogP contribution is -2.27. The maximum absolute atomic E-state index is 12.4. The van der Waals surface area contributed by atoms with Gasteiger partial charge in [-0.25, -0.2) is 4.98 Å². The lowest BCUT2D eigenvalue weighted by Gasteiger charge is -2.17. The number of aromatic nitrogens is 4. The molecule has 0 radical (unpaired) electrons. The second kappa shape index (κ2) is 5.69. The average molecular weight is 327 g/mol. The van der Waals surface area contributed by atoms with Crippen molar-refractivity contribution in [2.75, 3.05) is 23.7 Å². The maximum Gasteiger partial charge on any atom is 0.408 e. The minimum absolute atomic E-state index is 0.0570. The highest BCUT2D eigenvalue weighted by Gasteiger charge is 2.28. The summed E-state index contributed by atoms with van der Waals surface area (Å²) in [6.45, 7) is 0.259. The van der Waals surface area contributed by atoms with E-state index in [9.17, 15) is 13.2 Å². The molecule has 0 unspecified atom stereocenters. The first kappa shape index (κ1) is 15.5. The largest absolute Gasteiger partial charge is 0.408 e. The van der Waals surface area contributed by atoms with Crippen molar-refractivity contribution in [1.29, 1.82) is 0 Å². The Morgan fingerprint density at radius 2 is 2.09 bits per heavy atom. The summed E-state index contributed by atoms with van der Waals surface area (Å²) in [5.41, 5.74) is 12.5. The van der Waals surface area contributed by atoms with Crippen LogP contribution >= 0.6 is 0 Å². The molecule has 10 heteroatoms. The molecular formula is C13H16F3N7. The number of hydrogen-bond donors (Lipinski definition) is 2. The number of hydrogen-bond acceptors (Lipinski definition) is 6. The van der Waals surface area contributed by atoms with Crippen LogP contribution in [-0.2, 0) is 6.54 Å². The Kier molecular flexibility index (Phi) is 3.84. The molecule has 1 fully saturated rings. The number of anilines is 2. The molecule has 7 nitrogen and oxygen atoms in total. The minimum atomic E-state index is -4.33. The van der Waals surface area contributed by atoms with E-state index in [0.29, 0.717) is 23.6 Å². The van der Waals surface area contributed by atoms with E-state index in [2.05, 4.69) is 15.1 Å². The molecule has 0 aromatic carbocycles. The monoisotopic (exact) mass is 327 g/mol. The van der Waals surface area contributed by atoms with Crippen LogP contribution in [0.1, 0.15) is 6.42 Å². The molecule has 0 amide bonds. The normalized spacial score (nSPS) is 18.6. The maximum atomic E-state index is 12.4. The third-order valence-electron chi connectivity index (χ3n) is 3.55. The van der Waals surface area contributed by atoms with Gasteiger partial charge in [0.15, 0.2) is 0 Å². The van der Waals surface area contributed by atoms with Gasteiger partial charge in [-0.2, -0.15) is 23.3 Å². The van der Waals surface area contributed by atoms with Gasteiger partial charge in [-0.3, -0.25) is 4.68 Å². The fourth-order valence-corrected chi connectivity index (χ4v) is 2.52. The molecule has 1 atom stereocenters. The number of rotatable bonds is 3. The van der Waals surface area contributed by atoms with Crippen molar-refractivity contribution in [3.8, 4) is 11.3 Å². The Morgan fingerprint density at radius 1 is 1.30 bits per heavy atom. The van der Waals surface area contributed by atoms with E-state index in [4.69, 9.17) is 11.5 Å². The Bertz CT molecular complexity index is 697.